The van der Waals surface area contributed by atoms with Crippen LogP contribution in [0.3, 0.4) is 0 Å². The van der Waals surface area contributed by atoms with Crippen LogP contribution < -0.4 is 9.47 Å². The number of rotatable bonds is 10. The summed E-state index contributed by atoms with van der Waals surface area (Å²) in [6, 6.07) is 6.80. The fourth-order valence-electron chi connectivity index (χ4n) is 6.13. The SMILES string of the molecule is CCC1CCC(CCC2CCC(c3ccc(OC(F)(F)c4cc(F)c(OC(F)F)c(F)c4)cc3)CC2)CC1. The molecule has 0 amide bonds. The molecule has 4 rings (SSSR count). The summed E-state index contributed by atoms with van der Waals surface area (Å²) in [5.41, 5.74) is -0.0856. The number of hydrogen-bond donors (Lipinski definition) is 0. The van der Waals surface area contributed by atoms with Crippen LogP contribution in [-0.2, 0) is 6.11 Å². The molecule has 0 spiro atoms. The first-order chi connectivity index (χ1) is 18.1. The van der Waals surface area contributed by atoms with Gasteiger partial charge in [0.25, 0.3) is 0 Å². The highest BCUT2D eigenvalue weighted by Crippen LogP contribution is 2.41. The third-order valence-corrected chi connectivity index (χ3v) is 8.51. The van der Waals surface area contributed by atoms with Crippen molar-refractivity contribution in [1.29, 1.82) is 0 Å². The van der Waals surface area contributed by atoms with Crippen LogP contribution in [0.2, 0.25) is 0 Å². The minimum atomic E-state index is -4.08. The summed E-state index contributed by atoms with van der Waals surface area (Å²) in [5, 5.41) is 0. The van der Waals surface area contributed by atoms with Gasteiger partial charge in [-0.15, -0.1) is 0 Å². The van der Waals surface area contributed by atoms with E-state index in [1.165, 1.54) is 69.9 Å². The minimum Gasteiger partial charge on any atom is -0.429 e. The van der Waals surface area contributed by atoms with Gasteiger partial charge >= 0.3 is 12.7 Å². The zero-order chi connectivity index (χ0) is 27.3. The zero-order valence-corrected chi connectivity index (χ0v) is 21.7. The van der Waals surface area contributed by atoms with Gasteiger partial charge in [0, 0.05) is 0 Å². The van der Waals surface area contributed by atoms with Crippen molar-refractivity contribution in [2.75, 3.05) is 0 Å². The highest BCUT2D eigenvalue weighted by atomic mass is 19.3. The third-order valence-electron chi connectivity index (χ3n) is 8.51. The zero-order valence-electron chi connectivity index (χ0n) is 21.7. The van der Waals surface area contributed by atoms with Crippen LogP contribution in [0.4, 0.5) is 26.3 Å². The highest BCUT2D eigenvalue weighted by Gasteiger charge is 2.37. The molecule has 2 aromatic carbocycles. The van der Waals surface area contributed by atoms with Gasteiger partial charge in [0.15, 0.2) is 17.4 Å². The van der Waals surface area contributed by atoms with Crippen LogP contribution in [0.5, 0.6) is 11.5 Å². The molecule has 0 heterocycles. The van der Waals surface area contributed by atoms with Gasteiger partial charge < -0.3 is 9.47 Å². The number of halogens is 6. The molecule has 2 aromatic rings. The molecule has 0 N–H and O–H groups in total. The van der Waals surface area contributed by atoms with Crippen LogP contribution in [0.1, 0.15) is 94.6 Å². The van der Waals surface area contributed by atoms with Crippen molar-refractivity contribution in [1.82, 2.24) is 0 Å². The maximum atomic E-state index is 14.6. The molecule has 210 valence electrons. The lowest BCUT2D eigenvalue weighted by Crippen LogP contribution is -2.23. The standard InChI is InChI=1S/C30H36F6O2/c1-2-19-3-5-20(6-4-19)7-8-21-9-11-22(12-10-21)23-13-15-25(16-14-23)38-30(35,36)24-17-26(31)28(27(32)18-24)37-29(33)34/h13-22,29H,2-12H2,1H3. The minimum absolute atomic E-state index is 0.168. The fraction of sp³-hybridized carbons (Fsp3) is 0.600. The molecule has 2 nitrogen and oxygen atoms in total. The second-order valence-corrected chi connectivity index (χ2v) is 10.9. The van der Waals surface area contributed by atoms with E-state index in [4.69, 9.17) is 4.74 Å². The van der Waals surface area contributed by atoms with Crippen molar-refractivity contribution in [2.45, 2.75) is 96.2 Å². The Balaban J connectivity index is 1.27. The van der Waals surface area contributed by atoms with Gasteiger partial charge in [-0.2, -0.15) is 17.6 Å². The molecule has 38 heavy (non-hydrogen) atoms. The molecule has 8 heteroatoms. The third kappa shape index (κ3) is 7.38. The highest BCUT2D eigenvalue weighted by molar-refractivity contribution is 5.35. The lowest BCUT2D eigenvalue weighted by Gasteiger charge is -2.32. The summed E-state index contributed by atoms with van der Waals surface area (Å²) in [5.74, 6) is -1.98. The summed E-state index contributed by atoms with van der Waals surface area (Å²) < 4.78 is 90.0. The average molecular weight is 543 g/mol. The summed E-state index contributed by atoms with van der Waals surface area (Å²) >= 11 is 0. The molecule has 0 bridgehead atoms. The molecule has 2 saturated carbocycles. The number of ether oxygens (including phenoxy) is 2. The van der Waals surface area contributed by atoms with Gasteiger partial charge in [0.05, 0.1) is 5.56 Å². The Hall–Kier alpha value is -2.38. The largest absolute Gasteiger partial charge is 0.429 e. The predicted octanol–water partition coefficient (Wildman–Crippen LogP) is 9.96. The molecular weight excluding hydrogens is 506 g/mol. The Morgan fingerprint density at radius 3 is 1.79 bits per heavy atom. The second-order valence-electron chi connectivity index (χ2n) is 10.9. The Morgan fingerprint density at radius 2 is 1.29 bits per heavy atom. The van der Waals surface area contributed by atoms with E-state index in [9.17, 15) is 26.3 Å². The first kappa shape index (κ1) is 28.6. The van der Waals surface area contributed by atoms with Crippen LogP contribution in [0, 0.1) is 29.4 Å². The summed E-state index contributed by atoms with van der Waals surface area (Å²) in [6.07, 6.45) is 9.86. The molecule has 0 radical (unpaired) electrons. The molecule has 2 aliphatic carbocycles. The summed E-state index contributed by atoms with van der Waals surface area (Å²) in [4.78, 5) is 0. The van der Waals surface area contributed by atoms with Gasteiger partial charge in [-0.3, -0.25) is 0 Å². The van der Waals surface area contributed by atoms with Crippen molar-refractivity contribution >= 4 is 0 Å². The molecule has 0 aliphatic heterocycles. The lowest BCUT2D eigenvalue weighted by atomic mass is 9.74. The topological polar surface area (TPSA) is 18.5 Å². The van der Waals surface area contributed by atoms with Gasteiger partial charge in [0.1, 0.15) is 5.75 Å². The molecule has 2 aliphatic rings. The van der Waals surface area contributed by atoms with E-state index in [0.29, 0.717) is 5.92 Å². The Labute approximate surface area is 220 Å². The van der Waals surface area contributed by atoms with Crippen LogP contribution in [0.25, 0.3) is 0 Å². The van der Waals surface area contributed by atoms with Gasteiger partial charge in [-0.25, -0.2) is 8.78 Å². The van der Waals surface area contributed by atoms with Crippen molar-refractivity contribution < 1.29 is 35.8 Å². The van der Waals surface area contributed by atoms with E-state index in [2.05, 4.69) is 11.7 Å². The smallest absolute Gasteiger partial charge is 0.426 e. The van der Waals surface area contributed by atoms with E-state index < -0.39 is 35.7 Å². The van der Waals surface area contributed by atoms with Crippen LogP contribution in [-0.4, -0.2) is 6.61 Å². The van der Waals surface area contributed by atoms with Crippen molar-refractivity contribution in [3.8, 4) is 11.5 Å². The lowest BCUT2D eigenvalue weighted by molar-refractivity contribution is -0.185. The maximum absolute atomic E-state index is 14.6. The number of benzene rings is 2. The Bertz CT molecular complexity index is 1000. The summed E-state index contributed by atoms with van der Waals surface area (Å²) in [6.45, 7) is -1.20. The molecule has 0 unspecified atom stereocenters. The van der Waals surface area contributed by atoms with Gasteiger partial charge in [-0.05, 0) is 79.2 Å². The van der Waals surface area contributed by atoms with E-state index in [0.717, 1.165) is 36.2 Å². The molecular formula is C30H36F6O2. The van der Waals surface area contributed by atoms with Crippen molar-refractivity contribution in [3.63, 3.8) is 0 Å². The second kappa shape index (κ2) is 12.6. The van der Waals surface area contributed by atoms with Crippen LogP contribution >= 0.6 is 0 Å². The number of alkyl halides is 4. The van der Waals surface area contributed by atoms with Gasteiger partial charge in [0.2, 0.25) is 0 Å². The van der Waals surface area contributed by atoms with Crippen molar-refractivity contribution in [3.05, 3.63) is 59.2 Å². The van der Waals surface area contributed by atoms with E-state index in [1.54, 1.807) is 12.1 Å². The fourth-order valence-corrected chi connectivity index (χ4v) is 6.13. The average Bonchev–Trinajstić information content (AvgIpc) is 2.90. The first-order valence-electron chi connectivity index (χ1n) is 13.8. The van der Waals surface area contributed by atoms with E-state index in [1.807, 2.05) is 0 Å². The van der Waals surface area contributed by atoms with E-state index in [-0.39, 0.29) is 17.9 Å². The van der Waals surface area contributed by atoms with E-state index >= 15 is 0 Å². The normalized spacial score (nSPS) is 24.4. The predicted molar refractivity (Wildman–Crippen MR) is 134 cm³/mol. The van der Waals surface area contributed by atoms with Crippen LogP contribution in [0.15, 0.2) is 36.4 Å². The Morgan fingerprint density at radius 1 is 0.789 bits per heavy atom. The Kier molecular flexibility index (Phi) is 9.53. The molecule has 0 atom stereocenters. The monoisotopic (exact) mass is 542 g/mol. The number of hydrogen-bond acceptors (Lipinski definition) is 2. The maximum Gasteiger partial charge on any atom is 0.426 e. The van der Waals surface area contributed by atoms with Crippen molar-refractivity contribution in [2.24, 2.45) is 17.8 Å². The molecule has 0 saturated heterocycles. The quantitative estimate of drug-likeness (QED) is 0.278. The molecule has 2 fully saturated rings. The van der Waals surface area contributed by atoms with Gasteiger partial charge in [-0.1, -0.05) is 64.0 Å². The first-order valence-corrected chi connectivity index (χ1v) is 13.8. The molecule has 0 aromatic heterocycles. The summed E-state index contributed by atoms with van der Waals surface area (Å²) in [7, 11) is 0.